The van der Waals surface area contributed by atoms with E-state index in [9.17, 15) is 9.59 Å². The van der Waals surface area contributed by atoms with E-state index in [0.717, 1.165) is 23.8 Å². The maximum atomic E-state index is 12.6. The summed E-state index contributed by atoms with van der Waals surface area (Å²) >= 11 is 1.44. The molecule has 0 radical (unpaired) electrons. The van der Waals surface area contributed by atoms with Crippen LogP contribution >= 0.6 is 11.8 Å². The first kappa shape index (κ1) is 17.1. The number of H-pyrrole nitrogens is 2. The second-order valence-electron chi connectivity index (χ2n) is 6.74. The lowest BCUT2D eigenvalue weighted by molar-refractivity contribution is 0.102. The van der Waals surface area contributed by atoms with Crippen LogP contribution in [0, 0.1) is 6.92 Å². The highest BCUT2D eigenvalue weighted by Gasteiger charge is 2.22. The molecule has 2 heterocycles. The Bertz CT molecular complexity index is 997. The summed E-state index contributed by atoms with van der Waals surface area (Å²) in [5.41, 5.74) is 1.66. The largest absolute Gasteiger partial charge is 0.323 e. The molecule has 26 heavy (non-hydrogen) atoms. The molecule has 1 aliphatic carbocycles. The summed E-state index contributed by atoms with van der Waals surface area (Å²) < 4.78 is 2.20. The van der Waals surface area contributed by atoms with Gasteiger partial charge in [0.15, 0.2) is 10.9 Å². The Morgan fingerprint density at radius 3 is 2.77 bits per heavy atom. The van der Waals surface area contributed by atoms with Crippen LogP contribution in [0.2, 0.25) is 0 Å². The third-order valence-corrected chi connectivity index (χ3v) is 5.89. The van der Waals surface area contributed by atoms with Crippen LogP contribution in [-0.4, -0.2) is 36.3 Å². The number of rotatable bonds is 5. The van der Waals surface area contributed by atoms with Crippen molar-refractivity contribution in [2.24, 2.45) is 0 Å². The Kier molecular flexibility index (Phi) is 4.67. The van der Waals surface area contributed by atoms with Crippen LogP contribution in [-0.2, 0) is 0 Å². The van der Waals surface area contributed by atoms with E-state index in [4.69, 9.17) is 0 Å². The molecule has 136 valence electrons. The minimum atomic E-state index is -0.268. The summed E-state index contributed by atoms with van der Waals surface area (Å²) in [4.78, 5) is 29.3. The molecule has 1 fully saturated rings. The van der Waals surface area contributed by atoms with Crippen molar-refractivity contribution in [2.75, 3.05) is 5.75 Å². The summed E-state index contributed by atoms with van der Waals surface area (Å²) in [6, 6.07) is 5.65. The Morgan fingerprint density at radius 2 is 1.96 bits per heavy atom. The standard InChI is InChI=1S/C18H21N5O2S/c1-11-21-22-18(23(11)13-5-3-2-4-6-13)26-10-16(24)12-7-8-14-15(9-12)20-17(25)19-14/h7-9,13H,2-6,10H2,1H3,(H2,19,20,25). The zero-order valence-corrected chi connectivity index (χ0v) is 15.4. The fourth-order valence-electron chi connectivity index (χ4n) is 3.63. The molecule has 0 atom stereocenters. The minimum absolute atomic E-state index is 0.00907. The van der Waals surface area contributed by atoms with E-state index >= 15 is 0 Å². The van der Waals surface area contributed by atoms with Crippen molar-refractivity contribution in [1.29, 1.82) is 0 Å². The zero-order chi connectivity index (χ0) is 18.1. The zero-order valence-electron chi connectivity index (χ0n) is 14.6. The third-order valence-electron chi connectivity index (χ3n) is 4.95. The number of carbonyl (C=O) groups excluding carboxylic acids is 1. The van der Waals surface area contributed by atoms with Gasteiger partial charge >= 0.3 is 5.69 Å². The molecule has 4 rings (SSSR count). The SMILES string of the molecule is Cc1nnc(SCC(=O)c2ccc3[nH]c(=O)[nH]c3c2)n1C1CCCCC1. The molecule has 7 nitrogen and oxygen atoms in total. The van der Waals surface area contributed by atoms with E-state index in [-0.39, 0.29) is 11.5 Å². The van der Waals surface area contributed by atoms with Crippen LogP contribution in [0.15, 0.2) is 28.2 Å². The van der Waals surface area contributed by atoms with E-state index in [1.807, 2.05) is 6.92 Å². The van der Waals surface area contributed by atoms with E-state index in [1.54, 1.807) is 18.2 Å². The van der Waals surface area contributed by atoms with Gasteiger partial charge in [-0.15, -0.1) is 10.2 Å². The van der Waals surface area contributed by atoms with Gasteiger partial charge in [-0.05, 0) is 38.0 Å². The lowest BCUT2D eigenvalue weighted by Gasteiger charge is -2.24. The molecule has 2 aromatic heterocycles. The van der Waals surface area contributed by atoms with Crippen molar-refractivity contribution >= 4 is 28.6 Å². The third kappa shape index (κ3) is 3.33. The van der Waals surface area contributed by atoms with E-state index < -0.39 is 0 Å². The number of aromatic nitrogens is 5. The highest BCUT2D eigenvalue weighted by Crippen LogP contribution is 2.32. The summed E-state index contributed by atoms with van der Waals surface area (Å²) in [6.07, 6.45) is 6.07. The predicted octanol–water partition coefficient (Wildman–Crippen LogP) is 3.24. The molecule has 1 aromatic carbocycles. The summed E-state index contributed by atoms with van der Waals surface area (Å²) in [5, 5.41) is 9.32. The van der Waals surface area contributed by atoms with Crippen molar-refractivity contribution in [3.63, 3.8) is 0 Å². The lowest BCUT2D eigenvalue weighted by Crippen LogP contribution is -2.15. The number of fused-ring (bicyclic) bond motifs is 1. The fraction of sp³-hybridized carbons (Fsp3) is 0.444. The molecule has 0 unspecified atom stereocenters. The van der Waals surface area contributed by atoms with E-state index in [1.165, 1.54) is 31.0 Å². The first-order valence-electron chi connectivity index (χ1n) is 8.91. The number of carbonyl (C=O) groups is 1. The lowest BCUT2D eigenvalue weighted by atomic mass is 9.95. The van der Waals surface area contributed by atoms with Crippen molar-refractivity contribution in [2.45, 2.75) is 50.2 Å². The van der Waals surface area contributed by atoms with Gasteiger partial charge < -0.3 is 14.5 Å². The van der Waals surface area contributed by atoms with Crippen molar-refractivity contribution < 1.29 is 4.79 Å². The Labute approximate surface area is 154 Å². The number of imidazole rings is 1. The van der Waals surface area contributed by atoms with Gasteiger partial charge in [0.25, 0.3) is 0 Å². The minimum Gasteiger partial charge on any atom is -0.306 e. The first-order chi connectivity index (χ1) is 12.6. The van der Waals surface area contributed by atoms with Crippen LogP contribution in [0.1, 0.15) is 54.3 Å². The quantitative estimate of drug-likeness (QED) is 0.530. The van der Waals surface area contributed by atoms with Crippen molar-refractivity contribution in [3.05, 3.63) is 40.1 Å². The number of thioether (sulfide) groups is 1. The van der Waals surface area contributed by atoms with Gasteiger partial charge in [0.1, 0.15) is 5.82 Å². The number of hydrogen-bond acceptors (Lipinski definition) is 5. The Hall–Kier alpha value is -2.35. The molecule has 0 bridgehead atoms. The molecule has 1 aliphatic rings. The highest BCUT2D eigenvalue weighted by molar-refractivity contribution is 7.99. The number of aryl methyl sites for hydroxylation is 1. The highest BCUT2D eigenvalue weighted by atomic mass is 32.2. The van der Waals surface area contributed by atoms with Crippen LogP contribution < -0.4 is 5.69 Å². The average Bonchev–Trinajstić information content (AvgIpc) is 3.21. The van der Waals surface area contributed by atoms with Crippen LogP contribution in [0.25, 0.3) is 11.0 Å². The topological polar surface area (TPSA) is 96.4 Å². The second-order valence-corrected chi connectivity index (χ2v) is 7.69. The number of nitrogens with zero attached hydrogens (tertiary/aromatic N) is 3. The van der Waals surface area contributed by atoms with Gasteiger partial charge in [0.2, 0.25) is 0 Å². The van der Waals surface area contributed by atoms with Crippen LogP contribution in [0.5, 0.6) is 0 Å². The Morgan fingerprint density at radius 1 is 1.19 bits per heavy atom. The molecule has 0 amide bonds. The molecule has 0 saturated heterocycles. The van der Waals surface area contributed by atoms with Gasteiger partial charge in [-0.25, -0.2) is 4.79 Å². The maximum absolute atomic E-state index is 12.6. The molecule has 0 spiro atoms. The monoisotopic (exact) mass is 371 g/mol. The molecule has 1 saturated carbocycles. The number of Topliss-reactive ketones (excluding diaryl/α,β-unsaturated/α-hetero) is 1. The molecule has 2 N–H and O–H groups in total. The molecular weight excluding hydrogens is 350 g/mol. The normalized spacial score (nSPS) is 15.6. The molecular formula is C18H21N5O2S. The second kappa shape index (κ2) is 7.11. The first-order valence-corrected chi connectivity index (χ1v) is 9.90. The predicted molar refractivity (Wildman–Crippen MR) is 101 cm³/mol. The number of aromatic amines is 2. The van der Waals surface area contributed by atoms with E-state index in [0.29, 0.717) is 28.4 Å². The molecule has 3 aromatic rings. The summed E-state index contributed by atoms with van der Waals surface area (Å²) in [6.45, 7) is 1.98. The number of nitrogens with one attached hydrogen (secondary N) is 2. The van der Waals surface area contributed by atoms with Crippen LogP contribution in [0.4, 0.5) is 0 Å². The number of benzene rings is 1. The summed E-state index contributed by atoms with van der Waals surface area (Å²) in [7, 11) is 0. The smallest absolute Gasteiger partial charge is 0.306 e. The van der Waals surface area contributed by atoms with Gasteiger partial charge in [-0.1, -0.05) is 31.0 Å². The Balaban J connectivity index is 1.49. The van der Waals surface area contributed by atoms with Crippen LogP contribution in [0.3, 0.4) is 0 Å². The van der Waals surface area contributed by atoms with Gasteiger partial charge in [0, 0.05) is 11.6 Å². The van der Waals surface area contributed by atoms with Gasteiger partial charge in [0.05, 0.1) is 16.8 Å². The molecule has 8 heteroatoms. The number of hydrogen-bond donors (Lipinski definition) is 2. The number of ketones is 1. The van der Waals surface area contributed by atoms with Gasteiger partial charge in [-0.2, -0.15) is 0 Å². The van der Waals surface area contributed by atoms with Gasteiger partial charge in [-0.3, -0.25) is 4.79 Å². The van der Waals surface area contributed by atoms with E-state index in [2.05, 4.69) is 24.7 Å². The molecule has 0 aliphatic heterocycles. The fourth-order valence-corrected chi connectivity index (χ4v) is 4.57. The van der Waals surface area contributed by atoms with Crippen molar-refractivity contribution in [1.82, 2.24) is 24.7 Å². The maximum Gasteiger partial charge on any atom is 0.323 e. The van der Waals surface area contributed by atoms with Crippen molar-refractivity contribution in [3.8, 4) is 0 Å². The average molecular weight is 371 g/mol. The summed E-state index contributed by atoms with van der Waals surface area (Å²) in [5.74, 6) is 1.22.